The summed E-state index contributed by atoms with van der Waals surface area (Å²) in [4.78, 5) is 4.49. The van der Waals surface area contributed by atoms with Crippen LogP contribution in [0, 0.1) is 0 Å². The van der Waals surface area contributed by atoms with Crippen LogP contribution in [0.2, 0.25) is 0 Å². The summed E-state index contributed by atoms with van der Waals surface area (Å²) in [5, 5.41) is 3.93. The molecule has 0 amide bonds. The molecule has 0 atom stereocenters. The van der Waals surface area contributed by atoms with Crippen molar-refractivity contribution in [2.75, 3.05) is 0 Å². The van der Waals surface area contributed by atoms with Crippen LogP contribution in [0.3, 0.4) is 0 Å². The van der Waals surface area contributed by atoms with Crippen LogP contribution >= 0.6 is 0 Å². The van der Waals surface area contributed by atoms with E-state index in [1.54, 1.807) is 0 Å². The van der Waals surface area contributed by atoms with Crippen molar-refractivity contribution in [1.29, 1.82) is 0 Å². The number of fused-ring (bicyclic) bond motifs is 4. The molecule has 0 radical (unpaired) electrons. The SMILES string of the molecule is CCn1c2ccccc2c2cc(Cc3cccc4ncccc34)ccc21. The highest BCUT2D eigenvalue weighted by atomic mass is 15.0. The van der Waals surface area contributed by atoms with Crippen LogP contribution < -0.4 is 0 Å². The fourth-order valence-corrected chi connectivity index (χ4v) is 4.09. The molecule has 3 aromatic carbocycles. The molecule has 2 heteroatoms. The van der Waals surface area contributed by atoms with Crippen LogP contribution in [0.25, 0.3) is 32.7 Å². The lowest BCUT2D eigenvalue weighted by Crippen LogP contribution is -1.94. The number of nitrogens with zero attached hydrogens (tertiary/aromatic N) is 2. The van der Waals surface area contributed by atoms with Gasteiger partial charge in [0.25, 0.3) is 0 Å². The molecule has 0 unspecified atom stereocenters. The molecule has 0 fully saturated rings. The van der Waals surface area contributed by atoms with Gasteiger partial charge in [-0.25, -0.2) is 0 Å². The Labute approximate surface area is 152 Å². The Kier molecular flexibility index (Phi) is 3.49. The lowest BCUT2D eigenvalue weighted by atomic mass is 9.99. The summed E-state index contributed by atoms with van der Waals surface area (Å²) in [6, 6.07) is 26.2. The smallest absolute Gasteiger partial charge is 0.0704 e. The van der Waals surface area contributed by atoms with Gasteiger partial charge in [0.1, 0.15) is 0 Å². The van der Waals surface area contributed by atoms with Gasteiger partial charge in [0, 0.05) is 39.9 Å². The third-order valence-corrected chi connectivity index (χ3v) is 5.28. The molecule has 5 rings (SSSR count). The van der Waals surface area contributed by atoms with Crippen LogP contribution in [0.1, 0.15) is 18.1 Å². The molecule has 0 bridgehead atoms. The normalized spacial score (nSPS) is 11.6. The Morgan fingerprint density at radius 2 is 1.62 bits per heavy atom. The molecule has 2 aromatic heterocycles. The second-order valence-electron chi connectivity index (χ2n) is 6.78. The minimum atomic E-state index is 0.921. The van der Waals surface area contributed by atoms with E-state index >= 15 is 0 Å². The standard InChI is InChI=1S/C24H20N2/c1-2-26-23-11-4-3-8-20(23)21-16-17(12-13-24(21)26)15-18-7-5-10-22-19(18)9-6-14-25-22/h3-14,16H,2,15H2,1H3. The molecule has 0 aliphatic carbocycles. The quantitative estimate of drug-likeness (QED) is 0.398. The van der Waals surface area contributed by atoms with Gasteiger partial charge in [0.05, 0.1) is 5.52 Å². The van der Waals surface area contributed by atoms with E-state index in [1.807, 2.05) is 12.3 Å². The molecule has 2 heterocycles. The summed E-state index contributed by atoms with van der Waals surface area (Å²) in [6.07, 6.45) is 2.78. The lowest BCUT2D eigenvalue weighted by molar-refractivity contribution is 0.827. The molecule has 0 N–H and O–H groups in total. The Hall–Kier alpha value is -3.13. The van der Waals surface area contributed by atoms with E-state index in [0.29, 0.717) is 0 Å². The summed E-state index contributed by atoms with van der Waals surface area (Å²) >= 11 is 0. The maximum atomic E-state index is 4.49. The van der Waals surface area contributed by atoms with Crippen LogP contribution in [-0.2, 0) is 13.0 Å². The number of rotatable bonds is 3. The van der Waals surface area contributed by atoms with Crippen LogP contribution in [0.4, 0.5) is 0 Å². The molecule has 0 spiro atoms. The lowest BCUT2D eigenvalue weighted by Gasteiger charge is -2.07. The Balaban J connectivity index is 1.67. The number of benzene rings is 3. The fourth-order valence-electron chi connectivity index (χ4n) is 4.09. The number of aromatic nitrogens is 2. The molecule has 0 saturated carbocycles. The average Bonchev–Trinajstić information content (AvgIpc) is 3.01. The first-order valence-electron chi connectivity index (χ1n) is 9.17. The molecule has 0 aliphatic rings. The van der Waals surface area contributed by atoms with Gasteiger partial charge in [0.15, 0.2) is 0 Å². The van der Waals surface area contributed by atoms with E-state index in [2.05, 4.69) is 83.2 Å². The van der Waals surface area contributed by atoms with Gasteiger partial charge in [-0.3, -0.25) is 4.98 Å². The van der Waals surface area contributed by atoms with Gasteiger partial charge in [-0.1, -0.05) is 42.5 Å². The van der Waals surface area contributed by atoms with E-state index in [0.717, 1.165) is 18.5 Å². The highest BCUT2D eigenvalue weighted by Crippen LogP contribution is 2.30. The van der Waals surface area contributed by atoms with Gasteiger partial charge in [0.2, 0.25) is 0 Å². The van der Waals surface area contributed by atoms with Crippen molar-refractivity contribution in [3.05, 3.63) is 90.1 Å². The van der Waals surface area contributed by atoms with Crippen molar-refractivity contribution in [3.63, 3.8) is 0 Å². The minimum Gasteiger partial charge on any atom is -0.341 e. The monoisotopic (exact) mass is 336 g/mol. The van der Waals surface area contributed by atoms with E-state index in [-0.39, 0.29) is 0 Å². The topological polar surface area (TPSA) is 17.8 Å². The summed E-state index contributed by atoms with van der Waals surface area (Å²) < 4.78 is 2.40. The zero-order valence-electron chi connectivity index (χ0n) is 14.8. The Bertz CT molecular complexity index is 1240. The zero-order valence-corrected chi connectivity index (χ0v) is 14.8. The fraction of sp³-hybridized carbons (Fsp3) is 0.125. The third kappa shape index (κ3) is 2.30. The molecule has 5 aromatic rings. The zero-order chi connectivity index (χ0) is 17.5. The highest BCUT2D eigenvalue weighted by molar-refractivity contribution is 6.08. The predicted molar refractivity (Wildman–Crippen MR) is 110 cm³/mol. The van der Waals surface area contributed by atoms with E-state index < -0.39 is 0 Å². The number of aryl methyl sites for hydroxylation is 1. The van der Waals surface area contributed by atoms with Gasteiger partial charge >= 0.3 is 0 Å². The Morgan fingerprint density at radius 1 is 0.769 bits per heavy atom. The summed E-state index contributed by atoms with van der Waals surface area (Å²) in [7, 11) is 0. The summed E-state index contributed by atoms with van der Waals surface area (Å²) in [5.41, 5.74) is 6.37. The number of hydrogen-bond acceptors (Lipinski definition) is 1. The first kappa shape index (κ1) is 15.2. The molecule has 2 nitrogen and oxygen atoms in total. The molecule has 126 valence electrons. The Morgan fingerprint density at radius 3 is 2.54 bits per heavy atom. The molecule has 0 saturated heterocycles. The van der Waals surface area contributed by atoms with Crippen molar-refractivity contribution >= 4 is 32.7 Å². The van der Waals surface area contributed by atoms with Crippen LogP contribution in [0.15, 0.2) is 79.0 Å². The van der Waals surface area contributed by atoms with E-state index in [9.17, 15) is 0 Å². The van der Waals surface area contributed by atoms with Crippen molar-refractivity contribution in [2.45, 2.75) is 19.9 Å². The van der Waals surface area contributed by atoms with Crippen molar-refractivity contribution in [1.82, 2.24) is 9.55 Å². The van der Waals surface area contributed by atoms with Crippen LogP contribution in [0.5, 0.6) is 0 Å². The molecule has 26 heavy (non-hydrogen) atoms. The summed E-state index contributed by atoms with van der Waals surface area (Å²) in [5.74, 6) is 0. The molecular weight excluding hydrogens is 316 g/mol. The second kappa shape index (κ2) is 5.99. The van der Waals surface area contributed by atoms with Gasteiger partial charge < -0.3 is 4.57 Å². The van der Waals surface area contributed by atoms with E-state index in [1.165, 1.54) is 38.3 Å². The first-order valence-corrected chi connectivity index (χ1v) is 9.17. The van der Waals surface area contributed by atoms with Crippen molar-refractivity contribution in [2.24, 2.45) is 0 Å². The van der Waals surface area contributed by atoms with Gasteiger partial charge in [-0.05, 0) is 54.8 Å². The largest absolute Gasteiger partial charge is 0.341 e. The average molecular weight is 336 g/mol. The van der Waals surface area contributed by atoms with Gasteiger partial charge in [-0.15, -0.1) is 0 Å². The predicted octanol–water partition coefficient (Wildman–Crippen LogP) is 5.95. The maximum Gasteiger partial charge on any atom is 0.0704 e. The number of para-hydroxylation sites is 1. The molecular formula is C24H20N2. The van der Waals surface area contributed by atoms with Crippen molar-refractivity contribution < 1.29 is 0 Å². The van der Waals surface area contributed by atoms with Gasteiger partial charge in [-0.2, -0.15) is 0 Å². The molecule has 0 aliphatic heterocycles. The van der Waals surface area contributed by atoms with Crippen molar-refractivity contribution in [3.8, 4) is 0 Å². The second-order valence-corrected chi connectivity index (χ2v) is 6.78. The van der Waals surface area contributed by atoms with E-state index in [4.69, 9.17) is 0 Å². The van der Waals surface area contributed by atoms with Crippen LogP contribution in [-0.4, -0.2) is 9.55 Å². The first-order chi connectivity index (χ1) is 12.8. The third-order valence-electron chi connectivity index (χ3n) is 5.28. The summed E-state index contributed by atoms with van der Waals surface area (Å²) in [6.45, 7) is 3.20. The number of pyridine rings is 1. The number of hydrogen-bond donors (Lipinski definition) is 0. The minimum absolute atomic E-state index is 0.921. The highest BCUT2D eigenvalue weighted by Gasteiger charge is 2.10. The maximum absolute atomic E-state index is 4.49.